The van der Waals surface area contributed by atoms with Crippen LogP contribution in [0.3, 0.4) is 0 Å². The molecule has 70 valence electrons. The second-order valence-electron chi connectivity index (χ2n) is 2.89. The van der Waals surface area contributed by atoms with Gasteiger partial charge in [0.25, 0.3) is 0 Å². The van der Waals surface area contributed by atoms with Gasteiger partial charge >= 0.3 is 18.9 Å². The second kappa shape index (κ2) is 5.60. The van der Waals surface area contributed by atoms with Gasteiger partial charge in [0.2, 0.25) is 0 Å². The topological polar surface area (TPSA) is 22.1 Å². The summed E-state index contributed by atoms with van der Waals surface area (Å²) >= 11 is 0. The minimum Gasteiger partial charge on any atom is -0.497 e. The van der Waals surface area contributed by atoms with Gasteiger partial charge in [-0.1, -0.05) is 23.9 Å². The van der Waals surface area contributed by atoms with Crippen LogP contribution in [0, 0.1) is 6.20 Å². The van der Waals surface area contributed by atoms with E-state index in [4.69, 9.17) is 4.74 Å². The Morgan fingerprint density at radius 2 is 1.87 bits per heavy atom. The van der Waals surface area contributed by atoms with Gasteiger partial charge in [-0.2, -0.15) is 0 Å². The van der Waals surface area contributed by atoms with Gasteiger partial charge in [-0.3, -0.25) is 0 Å². The molecule has 2 nitrogen and oxygen atoms in total. The molecule has 2 rings (SSSR count). The SMILES string of the molecule is COc1ccc(-c2[c-]nccc2)cc1.[Li+]. The molecular formula is C12H10LiNO. The van der Waals surface area contributed by atoms with Crippen LogP contribution >= 0.6 is 0 Å². The first-order valence-corrected chi connectivity index (χ1v) is 4.37. The summed E-state index contributed by atoms with van der Waals surface area (Å²) in [5, 5.41) is 0. The van der Waals surface area contributed by atoms with E-state index in [9.17, 15) is 0 Å². The molecule has 0 saturated carbocycles. The van der Waals surface area contributed by atoms with Gasteiger partial charge in [0.05, 0.1) is 7.11 Å². The van der Waals surface area contributed by atoms with E-state index in [1.807, 2.05) is 36.4 Å². The number of benzene rings is 1. The van der Waals surface area contributed by atoms with E-state index in [0.29, 0.717) is 0 Å². The normalized spacial score (nSPS) is 9.13. The fourth-order valence-electron chi connectivity index (χ4n) is 1.26. The van der Waals surface area contributed by atoms with Crippen LogP contribution in [0.5, 0.6) is 5.75 Å². The number of hydrogen-bond acceptors (Lipinski definition) is 2. The number of hydrogen-bond donors (Lipinski definition) is 0. The number of nitrogens with zero attached hydrogens (tertiary/aromatic N) is 1. The number of ether oxygens (including phenoxy) is 1. The molecular weight excluding hydrogens is 181 g/mol. The van der Waals surface area contributed by atoms with Crippen LogP contribution in [0.25, 0.3) is 11.1 Å². The molecule has 1 heterocycles. The molecule has 0 aliphatic heterocycles. The van der Waals surface area contributed by atoms with Crippen molar-refractivity contribution < 1.29 is 23.6 Å². The molecule has 1 aromatic carbocycles. The summed E-state index contributed by atoms with van der Waals surface area (Å²) in [7, 11) is 1.66. The smallest absolute Gasteiger partial charge is 0.497 e. The van der Waals surface area contributed by atoms with Crippen molar-refractivity contribution in [3.05, 3.63) is 48.8 Å². The third-order valence-electron chi connectivity index (χ3n) is 2.01. The Morgan fingerprint density at radius 3 is 2.40 bits per heavy atom. The quantitative estimate of drug-likeness (QED) is 0.474. The van der Waals surface area contributed by atoms with Crippen LogP contribution in [0.1, 0.15) is 0 Å². The summed E-state index contributed by atoms with van der Waals surface area (Å²) in [5.41, 5.74) is 2.09. The molecule has 0 N–H and O–H groups in total. The van der Waals surface area contributed by atoms with E-state index in [0.717, 1.165) is 16.9 Å². The fourth-order valence-corrected chi connectivity index (χ4v) is 1.26. The summed E-state index contributed by atoms with van der Waals surface area (Å²) in [4.78, 5) is 3.95. The van der Waals surface area contributed by atoms with Crippen molar-refractivity contribution in [2.75, 3.05) is 7.11 Å². The molecule has 0 atom stereocenters. The van der Waals surface area contributed by atoms with Crippen molar-refractivity contribution in [2.45, 2.75) is 0 Å². The fraction of sp³-hybridized carbons (Fsp3) is 0.0833. The number of methoxy groups -OCH3 is 1. The van der Waals surface area contributed by atoms with Crippen molar-refractivity contribution in [1.29, 1.82) is 0 Å². The maximum absolute atomic E-state index is 5.08. The van der Waals surface area contributed by atoms with Gasteiger partial charge in [-0.15, -0.1) is 17.7 Å². The molecule has 0 aliphatic rings. The average Bonchev–Trinajstić information content (AvgIpc) is 2.30. The first-order valence-electron chi connectivity index (χ1n) is 4.37. The van der Waals surface area contributed by atoms with Crippen LogP contribution in [0.15, 0.2) is 42.6 Å². The molecule has 0 amide bonds. The number of rotatable bonds is 2. The first-order chi connectivity index (χ1) is 6.90. The number of pyridine rings is 1. The van der Waals surface area contributed by atoms with Crippen LogP contribution < -0.4 is 23.6 Å². The van der Waals surface area contributed by atoms with Crippen molar-refractivity contribution in [2.24, 2.45) is 0 Å². The van der Waals surface area contributed by atoms with Crippen molar-refractivity contribution in [3.63, 3.8) is 0 Å². The van der Waals surface area contributed by atoms with Crippen LogP contribution in [-0.2, 0) is 0 Å². The summed E-state index contributed by atoms with van der Waals surface area (Å²) < 4.78 is 5.08. The Balaban J connectivity index is 0.00000112. The monoisotopic (exact) mass is 191 g/mol. The molecule has 1 aromatic heterocycles. The van der Waals surface area contributed by atoms with Gasteiger partial charge in [0.1, 0.15) is 5.75 Å². The molecule has 2 aromatic rings. The Labute approximate surface area is 101 Å². The Morgan fingerprint density at radius 1 is 1.13 bits per heavy atom. The number of aromatic nitrogens is 1. The summed E-state index contributed by atoms with van der Waals surface area (Å²) in [6.45, 7) is 0. The maximum Gasteiger partial charge on any atom is 1.00 e. The van der Waals surface area contributed by atoms with E-state index in [1.54, 1.807) is 13.3 Å². The molecule has 0 fully saturated rings. The predicted molar refractivity (Wildman–Crippen MR) is 55.1 cm³/mol. The van der Waals surface area contributed by atoms with E-state index >= 15 is 0 Å². The van der Waals surface area contributed by atoms with Gasteiger partial charge < -0.3 is 9.72 Å². The zero-order valence-electron chi connectivity index (χ0n) is 8.90. The third kappa shape index (κ3) is 2.86. The van der Waals surface area contributed by atoms with Gasteiger partial charge in [-0.25, -0.2) is 0 Å². The predicted octanol–water partition coefficient (Wildman–Crippen LogP) is -0.439. The van der Waals surface area contributed by atoms with Gasteiger partial charge in [0.15, 0.2) is 0 Å². The third-order valence-corrected chi connectivity index (χ3v) is 2.01. The zero-order valence-corrected chi connectivity index (χ0v) is 8.90. The van der Waals surface area contributed by atoms with Gasteiger partial charge in [0, 0.05) is 0 Å². The van der Waals surface area contributed by atoms with Crippen molar-refractivity contribution in [3.8, 4) is 16.9 Å². The minimum absolute atomic E-state index is 0. The zero-order chi connectivity index (χ0) is 9.80. The molecule has 0 unspecified atom stereocenters. The average molecular weight is 191 g/mol. The summed E-state index contributed by atoms with van der Waals surface area (Å²) in [6.07, 6.45) is 4.65. The Hall–Kier alpha value is -1.23. The molecule has 3 heteroatoms. The standard InChI is InChI=1S/C12H10NO.Li/c1-14-12-6-4-10(5-7-12)11-3-2-8-13-9-11;/h2-8H,1H3;/q-1;+1. The Kier molecular flexibility index (Phi) is 4.42. The molecule has 15 heavy (non-hydrogen) atoms. The molecule has 0 spiro atoms. The maximum atomic E-state index is 5.08. The van der Waals surface area contributed by atoms with E-state index < -0.39 is 0 Å². The molecule has 0 saturated heterocycles. The molecule has 0 radical (unpaired) electrons. The van der Waals surface area contributed by atoms with Gasteiger partial charge in [-0.05, 0) is 18.3 Å². The van der Waals surface area contributed by atoms with Crippen molar-refractivity contribution >= 4 is 0 Å². The second-order valence-corrected chi connectivity index (χ2v) is 2.89. The largest absolute Gasteiger partial charge is 1.00 e. The minimum atomic E-state index is 0. The summed E-state index contributed by atoms with van der Waals surface area (Å²) in [6, 6.07) is 11.7. The van der Waals surface area contributed by atoms with Crippen LogP contribution in [0.4, 0.5) is 0 Å². The Bertz CT molecular complexity index is 400. The van der Waals surface area contributed by atoms with Crippen molar-refractivity contribution in [1.82, 2.24) is 4.98 Å². The molecule has 0 bridgehead atoms. The summed E-state index contributed by atoms with van der Waals surface area (Å²) in [5.74, 6) is 0.859. The van der Waals surface area contributed by atoms with E-state index in [-0.39, 0.29) is 18.9 Å². The van der Waals surface area contributed by atoms with Crippen LogP contribution in [0.2, 0.25) is 0 Å². The van der Waals surface area contributed by atoms with E-state index in [2.05, 4.69) is 11.2 Å². The van der Waals surface area contributed by atoms with E-state index in [1.165, 1.54) is 0 Å². The van der Waals surface area contributed by atoms with Crippen LogP contribution in [-0.4, -0.2) is 12.1 Å². The molecule has 0 aliphatic carbocycles. The first kappa shape index (κ1) is 11.8.